The first-order chi connectivity index (χ1) is 14.4. The van der Waals surface area contributed by atoms with Crippen molar-refractivity contribution < 1.29 is 9.21 Å². The summed E-state index contributed by atoms with van der Waals surface area (Å²) in [4.78, 5) is 29.9. The molecule has 0 atom stereocenters. The molecular formula is C22H23ClN4O3. The molecule has 3 aromatic rings. The molecule has 0 saturated carbocycles. The van der Waals surface area contributed by atoms with Gasteiger partial charge in [0, 0.05) is 43.0 Å². The average molecular weight is 427 g/mol. The highest BCUT2D eigenvalue weighted by Crippen LogP contribution is 2.23. The molecule has 0 bridgehead atoms. The second-order valence-electron chi connectivity index (χ2n) is 7.76. The Balaban J connectivity index is 1.51. The lowest BCUT2D eigenvalue weighted by atomic mass is 10.0. The summed E-state index contributed by atoms with van der Waals surface area (Å²) in [5.74, 6) is 0.410. The Kier molecular flexibility index (Phi) is 5.39. The van der Waals surface area contributed by atoms with Crippen molar-refractivity contribution >= 4 is 23.2 Å². The van der Waals surface area contributed by atoms with Crippen molar-refractivity contribution in [2.75, 3.05) is 31.1 Å². The molecule has 156 valence electrons. The molecule has 8 heteroatoms. The van der Waals surface area contributed by atoms with Crippen LogP contribution in [0.3, 0.4) is 0 Å². The smallest absolute Gasteiger partial charge is 0.267 e. The van der Waals surface area contributed by atoms with Crippen molar-refractivity contribution in [3.63, 3.8) is 0 Å². The van der Waals surface area contributed by atoms with Gasteiger partial charge in [0.1, 0.15) is 11.2 Å². The standard InChI is InChI=1S/C22H23ClN4O3/c1-22(2,27-20(28)10-9-18(24-27)19-4-3-15-30-19)21(29)26-13-11-25(12-14-26)17-7-5-16(23)6-8-17/h3-10,15H,11-14H2,1-2H3. The first-order valence-electron chi connectivity index (χ1n) is 9.81. The van der Waals surface area contributed by atoms with E-state index in [4.69, 9.17) is 16.0 Å². The lowest BCUT2D eigenvalue weighted by Crippen LogP contribution is -2.56. The minimum Gasteiger partial charge on any atom is -0.463 e. The van der Waals surface area contributed by atoms with Crippen molar-refractivity contribution in [2.45, 2.75) is 19.4 Å². The predicted molar refractivity (Wildman–Crippen MR) is 116 cm³/mol. The number of anilines is 1. The molecule has 3 heterocycles. The van der Waals surface area contributed by atoms with Gasteiger partial charge in [-0.25, -0.2) is 4.68 Å². The fourth-order valence-corrected chi connectivity index (χ4v) is 3.79. The molecule has 1 amide bonds. The molecular weight excluding hydrogens is 404 g/mol. The molecule has 30 heavy (non-hydrogen) atoms. The van der Waals surface area contributed by atoms with Crippen LogP contribution in [0.4, 0.5) is 5.69 Å². The van der Waals surface area contributed by atoms with Crippen LogP contribution in [0, 0.1) is 0 Å². The minimum absolute atomic E-state index is 0.135. The topological polar surface area (TPSA) is 71.6 Å². The van der Waals surface area contributed by atoms with Crippen LogP contribution in [0.15, 0.2) is 64.0 Å². The van der Waals surface area contributed by atoms with Crippen molar-refractivity contribution in [1.29, 1.82) is 0 Å². The number of carbonyl (C=O) groups is 1. The van der Waals surface area contributed by atoms with Gasteiger partial charge < -0.3 is 14.2 Å². The van der Waals surface area contributed by atoms with Crippen LogP contribution in [-0.4, -0.2) is 46.8 Å². The van der Waals surface area contributed by atoms with Gasteiger partial charge in [-0.2, -0.15) is 5.10 Å². The van der Waals surface area contributed by atoms with Gasteiger partial charge in [0.05, 0.1) is 6.26 Å². The van der Waals surface area contributed by atoms with Crippen molar-refractivity contribution in [3.8, 4) is 11.5 Å². The third kappa shape index (κ3) is 3.85. The van der Waals surface area contributed by atoms with E-state index in [0.29, 0.717) is 42.7 Å². The van der Waals surface area contributed by atoms with Crippen LogP contribution in [0.5, 0.6) is 0 Å². The van der Waals surface area contributed by atoms with E-state index in [1.54, 1.807) is 43.2 Å². The molecule has 0 unspecified atom stereocenters. The van der Waals surface area contributed by atoms with E-state index >= 15 is 0 Å². The highest BCUT2D eigenvalue weighted by atomic mass is 35.5. The molecule has 0 aliphatic carbocycles. The molecule has 1 aliphatic rings. The molecule has 0 spiro atoms. The number of aromatic nitrogens is 2. The van der Waals surface area contributed by atoms with Gasteiger partial charge in [-0.15, -0.1) is 0 Å². The van der Waals surface area contributed by atoms with Gasteiger partial charge in [0.15, 0.2) is 5.76 Å². The van der Waals surface area contributed by atoms with Gasteiger partial charge in [0.2, 0.25) is 5.91 Å². The van der Waals surface area contributed by atoms with Crippen LogP contribution in [0.2, 0.25) is 5.02 Å². The van der Waals surface area contributed by atoms with Crippen LogP contribution < -0.4 is 10.5 Å². The number of furan rings is 1. The zero-order valence-corrected chi connectivity index (χ0v) is 17.7. The Morgan fingerprint density at radius 3 is 2.37 bits per heavy atom. The Bertz CT molecular complexity index is 1080. The Morgan fingerprint density at radius 1 is 1.03 bits per heavy atom. The van der Waals surface area contributed by atoms with Crippen molar-refractivity contribution in [3.05, 3.63) is 70.2 Å². The average Bonchev–Trinajstić information content (AvgIpc) is 3.29. The zero-order valence-electron chi connectivity index (χ0n) is 16.9. The molecule has 0 radical (unpaired) electrons. The fraction of sp³-hybridized carbons (Fsp3) is 0.318. The molecule has 0 N–H and O–H groups in total. The fourth-order valence-electron chi connectivity index (χ4n) is 3.66. The molecule has 2 aromatic heterocycles. The van der Waals surface area contributed by atoms with E-state index in [9.17, 15) is 9.59 Å². The summed E-state index contributed by atoms with van der Waals surface area (Å²) in [6, 6.07) is 14.2. The van der Waals surface area contributed by atoms with Crippen LogP contribution >= 0.6 is 11.6 Å². The maximum Gasteiger partial charge on any atom is 0.267 e. The number of piperazine rings is 1. The quantitative estimate of drug-likeness (QED) is 0.640. The highest BCUT2D eigenvalue weighted by molar-refractivity contribution is 6.30. The molecule has 1 aliphatic heterocycles. The number of rotatable bonds is 4. The first kappa shape index (κ1) is 20.2. The van der Waals surface area contributed by atoms with E-state index in [2.05, 4.69) is 10.00 Å². The van der Waals surface area contributed by atoms with Crippen LogP contribution in [0.1, 0.15) is 13.8 Å². The third-order valence-corrected chi connectivity index (χ3v) is 5.64. The number of nitrogens with zero attached hydrogens (tertiary/aromatic N) is 4. The summed E-state index contributed by atoms with van der Waals surface area (Å²) >= 11 is 5.97. The van der Waals surface area contributed by atoms with E-state index in [-0.39, 0.29) is 11.5 Å². The first-order valence-corrected chi connectivity index (χ1v) is 10.2. The molecule has 7 nitrogen and oxygen atoms in total. The van der Waals surface area contributed by atoms with E-state index in [1.165, 1.54) is 10.7 Å². The molecule has 1 saturated heterocycles. The third-order valence-electron chi connectivity index (χ3n) is 5.39. The Labute approximate surface area is 179 Å². The summed E-state index contributed by atoms with van der Waals surface area (Å²) in [5.41, 5.74) is 0.133. The summed E-state index contributed by atoms with van der Waals surface area (Å²) in [6.45, 7) is 5.99. The van der Waals surface area contributed by atoms with Gasteiger partial charge >= 0.3 is 0 Å². The lowest BCUT2D eigenvalue weighted by molar-refractivity contribution is -0.140. The monoisotopic (exact) mass is 426 g/mol. The van der Waals surface area contributed by atoms with Gasteiger partial charge in [-0.05, 0) is 56.3 Å². The number of hydrogen-bond donors (Lipinski definition) is 0. The number of hydrogen-bond acceptors (Lipinski definition) is 5. The second-order valence-corrected chi connectivity index (χ2v) is 8.20. The number of benzene rings is 1. The van der Waals surface area contributed by atoms with E-state index in [0.717, 1.165) is 5.69 Å². The summed E-state index contributed by atoms with van der Waals surface area (Å²) < 4.78 is 6.63. The molecule has 1 aromatic carbocycles. The Morgan fingerprint density at radius 2 is 1.73 bits per heavy atom. The van der Waals surface area contributed by atoms with Gasteiger partial charge in [-0.1, -0.05) is 11.6 Å². The van der Waals surface area contributed by atoms with Gasteiger partial charge in [0.25, 0.3) is 5.56 Å². The minimum atomic E-state index is -1.12. The second kappa shape index (κ2) is 7.99. The maximum absolute atomic E-state index is 13.3. The largest absolute Gasteiger partial charge is 0.463 e. The molecule has 4 rings (SSSR count). The summed E-state index contributed by atoms with van der Waals surface area (Å²) in [7, 11) is 0. The molecule has 1 fully saturated rings. The van der Waals surface area contributed by atoms with Crippen LogP contribution in [-0.2, 0) is 10.3 Å². The zero-order chi connectivity index (χ0) is 21.3. The summed E-state index contributed by atoms with van der Waals surface area (Å²) in [5, 5.41) is 5.11. The van der Waals surface area contributed by atoms with Crippen LogP contribution in [0.25, 0.3) is 11.5 Å². The maximum atomic E-state index is 13.3. The SMILES string of the molecule is CC(C)(C(=O)N1CCN(c2ccc(Cl)cc2)CC1)n1nc(-c2ccco2)ccc1=O. The number of halogens is 1. The van der Waals surface area contributed by atoms with Gasteiger partial charge in [-0.3, -0.25) is 9.59 Å². The summed E-state index contributed by atoms with van der Waals surface area (Å²) in [6.07, 6.45) is 1.54. The van der Waals surface area contributed by atoms with Crippen molar-refractivity contribution in [1.82, 2.24) is 14.7 Å². The Hall–Kier alpha value is -3.06. The highest BCUT2D eigenvalue weighted by Gasteiger charge is 2.37. The predicted octanol–water partition coefficient (Wildman–Crippen LogP) is 3.24. The number of amides is 1. The van der Waals surface area contributed by atoms with Crippen molar-refractivity contribution in [2.24, 2.45) is 0 Å². The lowest BCUT2D eigenvalue weighted by Gasteiger charge is -2.39. The van der Waals surface area contributed by atoms with E-state index in [1.807, 2.05) is 24.3 Å². The van der Waals surface area contributed by atoms with E-state index < -0.39 is 5.54 Å². The normalized spacial score (nSPS) is 14.8. The number of carbonyl (C=O) groups excluding carboxylic acids is 1.